The highest BCUT2D eigenvalue weighted by Gasteiger charge is 2.26. The molecule has 0 saturated carbocycles. The molecule has 1 heterocycles. The van der Waals surface area contributed by atoms with E-state index in [0.29, 0.717) is 50.6 Å². The number of carbonyl (C=O) groups is 2. The summed E-state index contributed by atoms with van der Waals surface area (Å²) >= 11 is 0. The molecule has 0 unspecified atom stereocenters. The van der Waals surface area contributed by atoms with E-state index in [1.54, 1.807) is 29.2 Å². The molecule has 2 N–H and O–H groups in total. The minimum Gasteiger partial charge on any atom is -0.457 e. The second-order valence-corrected chi connectivity index (χ2v) is 10.0. The van der Waals surface area contributed by atoms with Gasteiger partial charge in [0.2, 0.25) is 0 Å². The average molecular weight is 541 g/mol. The zero-order valence-electron chi connectivity index (χ0n) is 23.0. The van der Waals surface area contributed by atoms with Crippen molar-refractivity contribution in [1.82, 2.24) is 10.2 Å². The van der Waals surface area contributed by atoms with E-state index in [1.165, 1.54) is 38.5 Å². The van der Waals surface area contributed by atoms with Gasteiger partial charge in [0.25, 0.3) is 0 Å². The summed E-state index contributed by atoms with van der Waals surface area (Å²) in [6.45, 7) is 1.89. The van der Waals surface area contributed by atoms with Crippen LogP contribution in [0.15, 0.2) is 54.6 Å². The zero-order valence-corrected chi connectivity index (χ0v) is 23.0. The number of rotatable bonds is 16. The predicted molar refractivity (Wildman–Crippen MR) is 151 cm³/mol. The van der Waals surface area contributed by atoms with Gasteiger partial charge in [-0.15, -0.1) is 0 Å². The number of piperidine rings is 1. The van der Waals surface area contributed by atoms with Gasteiger partial charge in [-0.1, -0.05) is 69.6 Å². The van der Waals surface area contributed by atoms with Gasteiger partial charge in [0, 0.05) is 39.1 Å². The Morgan fingerprint density at radius 1 is 0.744 bits per heavy atom. The van der Waals surface area contributed by atoms with Crippen LogP contribution in [0.2, 0.25) is 0 Å². The molecule has 8 nitrogen and oxygen atoms in total. The molecule has 1 aliphatic heterocycles. The molecule has 1 aliphatic rings. The summed E-state index contributed by atoms with van der Waals surface area (Å²) in [6.07, 6.45) is 11.7. The Bertz CT molecular complexity index is 945. The van der Waals surface area contributed by atoms with Crippen LogP contribution < -0.4 is 14.8 Å². The van der Waals surface area contributed by atoms with E-state index in [2.05, 4.69) is 5.32 Å². The summed E-state index contributed by atoms with van der Waals surface area (Å²) in [5, 5.41) is 11.6. The van der Waals surface area contributed by atoms with Gasteiger partial charge in [-0.3, -0.25) is 0 Å². The van der Waals surface area contributed by atoms with Crippen molar-refractivity contribution in [2.24, 2.45) is 0 Å². The lowest BCUT2D eigenvalue weighted by Gasteiger charge is -2.30. The van der Waals surface area contributed by atoms with E-state index in [1.807, 2.05) is 30.3 Å². The minimum atomic E-state index is -0.406. The molecule has 0 aliphatic carbocycles. The van der Waals surface area contributed by atoms with Crippen LogP contribution in [0.25, 0.3) is 0 Å². The Labute approximate surface area is 232 Å². The van der Waals surface area contributed by atoms with Crippen molar-refractivity contribution in [3.63, 3.8) is 0 Å². The number of nitrogens with zero attached hydrogens (tertiary/aromatic N) is 1. The molecule has 0 aromatic heterocycles. The average Bonchev–Trinajstić information content (AvgIpc) is 2.95. The van der Waals surface area contributed by atoms with Crippen LogP contribution in [-0.4, -0.2) is 54.5 Å². The fraction of sp³-hybridized carbons (Fsp3) is 0.548. The molecule has 3 rings (SSSR count). The van der Waals surface area contributed by atoms with Crippen LogP contribution in [0.3, 0.4) is 0 Å². The van der Waals surface area contributed by atoms with E-state index in [4.69, 9.17) is 19.3 Å². The lowest BCUT2D eigenvalue weighted by atomic mass is 10.1. The Morgan fingerprint density at radius 3 is 1.90 bits per heavy atom. The molecule has 39 heavy (non-hydrogen) atoms. The molecule has 0 atom stereocenters. The highest BCUT2D eigenvalue weighted by molar-refractivity contribution is 5.71. The number of alkyl carbamates (subject to hydrolysis) is 1. The van der Waals surface area contributed by atoms with E-state index in [0.717, 1.165) is 31.4 Å². The number of hydrogen-bond donors (Lipinski definition) is 2. The summed E-state index contributed by atoms with van der Waals surface area (Å²) in [4.78, 5) is 26.3. The Kier molecular flexibility index (Phi) is 14.1. The largest absolute Gasteiger partial charge is 0.457 e. The quantitative estimate of drug-likeness (QED) is 0.221. The van der Waals surface area contributed by atoms with Crippen LogP contribution in [0.1, 0.15) is 77.0 Å². The first-order valence-electron chi connectivity index (χ1n) is 14.5. The van der Waals surface area contributed by atoms with Crippen molar-refractivity contribution >= 4 is 12.2 Å². The summed E-state index contributed by atoms with van der Waals surface area (Å²) in [5.74, 6) is 1.85. The van der Waals surface area contributed by atoms with Gasteiger partial charge in [-0.25, -0.2) is 9.59 Å². The van der Waals surface area contributed by atoms with Gasteiger partial charge in [0.15, 0.2) is 0 Å². The third kappa shape index (κ3) is 12.4. The number of nitrogens with one attached hydrogen (secondary N) is 1. The highest BCUT2D eigenvalue weighted by atomic mass is 16.6. The number of likely N-dealkylation sites (tertiary alicyclic amines) is 1. The monoisotopic (exact) mass is 540 g/mol. The lowest BCUT2D eigenvalue weighted by Crippen LogP contribution is -2.43. The molecule has 0 radical (unpaired) electrons. The number of carbonyl (C=O) groups excluding carboxylic acids is 2. The zero-order chi connectivity index (χ0) is 27.5. The SMILES string of the molecule is O=C(NCCCCCCCCCCCCO)OC1CCN(C(=O)Oc2ccc(Oc3ccccc3)cc2)CC1. The summed E-state index contributed by atoms with van der Waals surface area (Å²) in [5.41, 5.74) is 0. The minimum absolute atomic E-state index is 0.194. The Morgan fingerprint density at radius 2 is 1.28 bits per heavy atom. The van der Waals surface area contributed by atoms with Crippen LogP contribution in [-0.2, 0) is 4.74 Å². The number of para-hydroxylation sites is 1. The molecule has 2 aromatic carbocycles. The predicted octanol–water partition coefficient (Wildman–Crippen LogP) is 7.06. The Balaban J connectivity index is 1.20. The molecular weight excluding hydrogens is 496 g/mol. The van der Waals surface area contributed by atoms with E-state index in [-0.39, 0.29) is 12.2 Å². The second-order valence-electron chi connectivity index (χ2n) is 10.0. The number of aliphatic hydroxyl groups excluding tert-OH is 1. The highest BCUT2D eigenvalue weighted by Crippen LogP contribution is 2.24. The molecular formula is C31H44N2O6. The number of ether oxygens (including phenoxy) is 3. The normalized spacial score (nSPS) is 13.6. The first kappa shape index (κ1) is 30.3. The van der Waals surface area contributed by atoms with Crippen molar-refractivity contribution in [2.75, 3.05) is 26.2 Å². The summed E-state index contributed by atoms with van der Waals surface area (Å²) in [6, 6.07) is 16.4. The standard InChI is InChI=1S/C31H44N2O6/c34-25-13-8-6-4-2-1-3-5-7-12-22-32-30(35)38-29-20-23-33(24-21-29)31(36)39-28-18-16-27(17-19-28)37-26-14-10-9-11-15-26/h9-11,14-19,29,34H,1-8,12-13,20-25H2,(H,32,35). The number of benzene rings is 2. The van der Waals surface area contributed by atoms with Gasteiger partial charge in [-0.05, 0) is 49.2 Å². The van der Waals surface area contributed by atoms with Crippen molar-refractivity contribution in [3.05, 3.63) is 54.6 Å². The van der Waals surface area contributed by atoms with Crippen molar-refractivity contribution in [1.29, 1.82) is 0 Å². The number of amides is 2. The van der Waals surface area contributed by atoms with Crippen molar-refractivity contribution in [3.8, 4) is 17.2 Å². The molecule has 1 fully saturated rings. The van der Waals surface area contributed by atoms with E-state index >= 15 is 0 Å². The second kappa shape index (κ2) is 18.1. The molecule has 0 spiro atoms. The van der Waals surface area contributed by atoms with Gasteiger partial charge >= 0.3 is 12.2 Å². The smallest absolute Gasteiger partial charge is 0.415 e. The maximum Gasteiger partial charge on any atom is 0.415 e. The molecule has 214 valence electrons. The maximum atomic E-state index is 12.6. The van der Waals surface area contributed by atoms with Gasteiger partial charge in [0.1, 0.15) is 23.4 Å². The van der Waals surface area contributed by atoms with Crippen LogP contribution in [0.4, 0.5) is 9.59 Å². The lowest BCUT2D eigenvalue weighted by molar-refractivity contribution is 0.0525. The first-order chi connectivity index (χ1) is 19.1. The van der Waals surface area contributed by atoms with Gasteiger partial charge in [0.05, 0.1) is 0 Å². The third-order valence-corrected chi connectivity index (χ3v) is 6.84. The topological polar surface area (TPSA) is 97.3 Å². The van der Waals surface area contributed by atoms with Crippen molar-refractivity contribution in [2.45, 2.75) is 83.2 Å². The van der Waals surface area contributed by atoms with E-state index < -0.39 is 6.09 Å². The van der Waals surface area contributed by atoms with Crippen molar-refractivity contribution < 1.29 is 28.9 Å². The van der Waals surface area contributed by atoms with E-state index in [9.17, 15) is 9.59 Å². The number of unbranched alkanes of at least 4 members (excludes halogenated alkanes) is 9. The summed E-state index contributed by atoms with van der Waals surface area (Å²) < 4.78 is 16.8. The molecule has 1 saturated heterocycles. The Hall–Kier alpha value is -3.26. The van der Waals surface area contributed by atoms with Crippen LogP contribution in [0, 0.1) is 0 Å². The molecule has 0 bridgehead atoms. The summed E-state index contributed by atoms with van der Waals surface area (Å²) in [7, 11) is 0. The molecule has 2 aromatic rings. The fourth-order valence-corrected chi connectivity index (χ4v) is 4.56. The third-order valence-electron chi connectivity index (χ3n) is 6.84. The van der Waals surface area contributed by atoms with Crippen LogP contribution >= 0.6 is 0 Å². The molecule has 2 amide bonds. The number of aliphatic hydroxyl groups is 1. The number of hydrogen-bond acceptors (Lipinski definition) is 6. The van der Waals surface area contributed by atoms with Gasteiger partial charge < -0.3 is 29.5 Å². The first-order valence-corrected chi connectivity index (χ1v) is 14.5. The maximum absolute atomic E-state index is 12.6. The fourth-order valence-electron chi connectivity index (χ4n) is 4.56. The molecule has 8 heteroatoms. The van der Waals surface area contributed by atoms with Gasteiger partial charge in [-0.2, -0.15) is 0 Å². The van der Waals surface area contributed by atoms with Crippen LogP contribution in [0.5, 0.6) is 17.2 Å².